The van der Waals surface area contributed by atoms with Crippen LogP contribution in [0.2, 0.25) is 0 Å². The van der Waals surface area contributed by atoms with Gasteiger partial charge in [-0.05, 0) is 87.4 Å². The number of hydrogen-bond acceptors (Lipinski definition) is 7. The number of alkyl halides is 1. The third-order valence-electron chi connectivity index (χ3n) is 10.5. The SMILES string of the molecule is C[C@]12C=CC(=O)C=C1CC[C@H]1[C@@H]3CC[C@@](OC(=O)c4ccc(Oc5ccc(=O)[nH]c5)cc4)(C(=O)O)[C@@]3(C)C[C@H](O)C12F. The van der Waals surface area contributed by atoms with Gasteiger partial charge in [-0.15, -0.1) is 0 Å². The van der Waals surface area contributed by atoms with Crippen molar-refractivity contribution in [1.82, 2.24) is 4.98 Å². The molecular formula is C32H32FNO8. The molecule has 6 rings (SSSR count). The minimum Gasteiger partial charge on any atom is -0.478 e. The molecule has 1 aromatic heterocycles. The van der Waals surface area contributed by atoms with Crippen LogP contribution in [-0.2, 0) is 14.3 Å². The molecule has 0 bridgehead atoms. The van der Waals surface area contributed by atoms with Gasteiger partial charge in [0.05, 0.1) is 11.7 Å². The number of ketones is 1. The number of carbonyl (C=O) groups is 3. The second kappa shape index (κ2) is 9.49. The average molecular weight is 578 g/mol. The van der Waals surface area contributed by atoms with Crippen molar-refractivity contribution in [1.29, 1.82) is 0 Å². The third kappa shape index (κ3) is 3.84. The van der Waals surface area contributed by atoms with Crippen LogP contribution in [0.25, 0.3) is 0 Å². The zero-order valence-corrected chi connectivity index (χ0v) is 23.3. The number of allylic oxidation sites excluding steroid dienone is 4. The van der Waals surface area contributed by atoms with Gasteiger partial charge in [0, 0.05) is 29.0 Å². The van der Waals surface area contributed by atoms with Crippen LogP contribution in [-0.4, -0.2) is 50.3 Å². The number of halogens is 1. The Morgan fingerprint density at radius 2 is 1.74 bits per heavy atom. The number of carboxylic acid groups (broad SMARTS) is 1. The van der Waals surface area contributed by atoms with Crippen LogP contribution in [0.4, 0.5) is 4.39 Å². The second-order valence-corrected chi connectivity index (χ2v) is 12.3. The Kier molecular flexibility index (Phi) is 6.34. The van der Waals surface area contributed by atoms with Crippen LogP contribution in [0, 0.1) is 22.7 Å². The number of aliphatic hydroxyl groups is 1. The molecule has 4 aliphatic rings. The fraction of sp³-hybridized carbons (Fsp3) is 0.438. The number of carboxylic acids is 1. The van der Waals surface area contributed by atoms with Gasteiger partial charge in [0.1, 0.15) is 11.5 Å². The lowest BCUT2D eigenvalue weighted by Gasteiger charge is -2.62. The smallest absolute Gasteiger partial charge is 0.348 e. The van der Waals surface area contributed by atoms with E-state index >= 15 is 4.39 Å². The van der Waals surface area contributed by atoms with E-state index in [2.05, 4.69) is 4.98 Å². The predicted octanol–water partition coefficient (Wildman–Crippen LogP) is 4.52. The number of esters is 1. The van der Waals surface area contributed by atoms with E-state index in [1.807, 2.05) is 0 Å². The number of H-pyrrole nitrogens is 1. The Morgan fingerprint density at radius 1 is 1.02 bits per heavy atom. The van der Waals surface area contributed by atoms with E-state index in [-0.39, 0.29) is 29.7 Å². The highest BCUT2D eigenvalue weighted by molar-refractivity contribution is 6.01. The first kappa shape index (κ1) is 28.1. The fourth-order valence-corrected chi connectivity index (χ4v) is 8.23. The molecule has 7 atom stereocenters. The zero-order chi connectivity index (χ0) is 30.1. The van der Waals surface area contributed by atoms with Gasteiger partial charge >= 0.3 is 11.9 Å². The van der Waals surface area contributed by atoms with Crippen molar-refractivity contribution < 1.29 is 38.5 Å². The number of hydrogen-bond donors (Lipinski definition) is 3. The third-order valence-corrected chi connectivity index (χ3v) is 10.5. The predicted molar refractivity (Wildman–Crippen MR) is 148 cm³/mol. The summed E-state index contributed by atoms with van der Waals surface area (Å²) in [5.41, 5.74) is -6.07. The molecule has 0 spiro atoms. The van der Waals surface area contributed by atoms with Crippen molar-refractivity contribution in [2.45, 2.75) is 63.3 Å². The Bertz CT molecular complexity index is 1580. The van der Waals surface area contributed by atoms with Gasteiger partial charge < -0.3 is 24.7 Å². The molecule has 3 saturated carbocycles. The maximum absolute atomic E-state index is 17.3. The molecule has 1 heterocycles. The van der Waals surface area contributed by atoms with Gasteiger partial charge in [-0.25, -0.2) is 14.0 Å². The van der Waals surface area contributed by atoms with E-state index in [4.69, 9.17) is 9.47 Å². The van der Waals surface area contributed by atoms with E-state index in [0.717, 1.165) is 0 Å². The summed E-state index contributed by atoms with van der Waals surface area (Å²) in [5.74, 6) is -2.81. The number of carbonyl (C=O) groups excluding carboxylic acids is 2. The van der Waals surface area contributed by atoms with Crippen LogP contribution in [0.15, 0.2) is 71.2 Å². The molecule has 4 aliphatic carbocycles. The highest BCUT2D eigenvalue weighted by atomic mass is 19.1. The first-order valence-corrected chi connectivity index (χ1v) is 14.1. The summed E-state index contributed by atoms with van der Waals surface area (Å²) < 4.78 is 28.9. The maximum Gasteiger partial charge on any atom is 0.348 e. The second-order valence-electron chi connectivity index (χ2n) is 12.3. The Balaban J connectivity index is 1.27. The first-order valence-electron chi connectivity index (χ1n) is 14.1. The molecule has 9 nitrogen and oxygen atoms in total. The summed E-state index contributed by atoms with van der Waals surface area (Å²) >= 11 is 0. The summed E-state index contributed by atoms with van der Waals surface area (Å²) in [6.45, 7) is 3.38. The maximum atomic E-state index is 17.3. The molecular weight excluding hydrogens is 545 g/mol. The number of aliphatic hydroxyl groups excluding tert-OH is 1. The lowest BCUT2D eigenvalue weighted by molar-refractivity contribution is -0.222. The van der Waals surface area contributed by atoms with E-state index in [1.165, 1.54) is 54.7 Å². The van der Waals surface area contributed by atoms with Gasteiger partial charge in [-0.1, -0.05) is 18.6 Å². The Hall–Kier alpha value is -4.05. The number of rotatable bonds is 5. The molecule has 220 valence electrons. The number of ether oxygens (including phenoxy) is 2. The van der Waals surface area contributed by atoms with Crippen LogP contribution in [0.1, 0.15) is 56.3 Å². The van der Waals surface area contributed by atoms with Crippen molar-refractivity contribution in [3.8, 4) is 11.5 Å². The van der Waals surface area contributed by atoms with Crippen molar-refractivity contribution in [2.75, 3.05) is 0 Å². The topological polar surface area (TPSA) is 143 Å². The van der Waals surface area contributed by atoms with Gasteiger partial charge in [-0.2, -0.15) is 0 Å². The normalized spacial score (nSPS) is 36.7. The number of fused-ring (bicyclic) bond motifs is 5. The van der Waals surface area contributed by atoms with Gasteiger partial charge in [0.15, 0.2) is 11.5 Å². The molecule has 3 fully saturated rings. The Morgan fingerprint density at radius 3 is 2.40 bits per heavy atom. The number of pyridine rings is 1. The first-order chi connectivity index (χ1) is 19.8. The quantitative estimate of drug-likeness (QED) is 0.441. The molecule has 10 heteroatoms. The monoisotopic (exact) mass is 577 g/mol. The molecule has 2 aromatic rings. The summed E-state index contributed by atoms with van der Waals surface area (Å²) in [6.07, 6.45) is 5.06. The van der Waals surface area contributed by atoms with E-state index in [0.29, 0.717) is 36.3 Å². The molecule has 0 saturated heterocycles. The van der Waals surface area contributed by atoms with Crippen LogP contribution in [0.3, 0.4) is 0 Å². The van der Waals surface area contributed by atoms with Crippen LogP contribution < -0.4 is 10.3 Å². The van der Waals surface area contributed by atoms with Crippen LogP contribution in [0.5, 0.6) is 11.5 Å². The van der Waals surface area contributed by atoms with E-state index < -0.39 is 52.0 Å². The molecule has 42 heavy (non-hydrogen) atoms. The summed E-state index contributed by atoms with van der Waals surface area (Å²) in [6, 6.07) is 8.74. The summed E-state index contributed by atoms with van der Waals surface area (Å²) in [7, 11) is 0. The van der Waals surface area contributed by atoms with E-state index in [1.54, 1.807) is 19.9 Å². The highest BCUT2D eigenvalue weighted by Gasteiger charge is 2.76. The number of aromatic amines is 1. The fourth-order valence-electron chi connectivity index (χ4n) is 8.23. The minimum atomic E-state index is -2.11. The molecule has 1 aromatic carbocycles. The van der Waals surface area contributed by atoms with E-state index in [9.17, 15) is 29.4 Å². The molecule has 0 aliphatic heterocycles. The van der Waals surface area contributed by atoms with Gasteiger partial charge in [0.25, 0.3) is 0 Å². The molecule has 0 amide bonds. The number of aromatic nitrogens is 1. The number of aliphatic carboxylic acids is 1. The molecule has 1 unspecified atom stereocenters. The largest absolute Gasteiger partial charge is 0.478 e. The minimum absolute atomic E-state index is 0.0182. The zero-order valence-electron chi connectivity index (χ0n) is 23.3. The average Bonchev–Trinajstić information content (AvgIpc) is 3.24. The van der Waals surface area contributed by atoms with Crippen molar-refractivity contribution in [3.63, 3.8) is 0 Å². The Labute approximate surface area is 241 Å². The number of benzene rings is 1. The lowest BCUT2D eigenvalue weighted by atomic mass is 9.45. The summed E-state index contributed by atoms with van der Waals surface area (Å²) in [4.78, 5) is 52.1. The van der Waals surface area contributed by atoms with Crippen molar-refractivity contribution in [2.24, 2.45) is 22.7 Å². The number of nitrogens with one attached hydrogen (secondary N) is 1. The van der Waals surface area contributed by atoms with Crippen LogP contribution >= 0.6 is 0 Å². The van der Waals surface area contributed by atoms with Gasteiger partial charge in [-0.3, -0.25) is 9.59 Å². The van der Waals surface area contributed by atoms with Gasteiger partial charge in [0.2, 0.25) is 11.2 Å². The molecule has 0 radical (unpaired) electrons. The van der Waals surface area contributed by atoms with Crippen molar-refractivity contribution >= 4 is 17.7 Å². The standard InChI is InChI=1S/C32H32FNO8/c1-29-13-11-20(35)15-19(29)5-9-24-23-12-14-31(28(39)40,30(23,2)16-25(36)32(24,29)33)42-27(38)18-3-6-21(7-4-18)41-22-8-10-26(37)34-17-22/h3-4,6-8,10-11,13,15,17,23-25,36H,5,9,12,14,16H2,1-2H3,(H,34,37)(H,39,40)/t23-,24-,25-,29-,30-,31+,32?/m0/s1. The highest BCUT2D eigenvalue weighted by Crippen LogP contribution is 2.70. The van der Waals surface area contributed by atoms with Crippen molar-refractivity contribution in [3.05, 3.63) is 82.3 Å². The molecule has 3 N–H and O–H groups in total. The summed E-state index contributed by atoms with van der Waals surface area (Å²) in [5, 5.41) is 22.0. The lowest BCUT2D eigenvalue weighted by Crippen LogP contribution is -2.69.